The molecule has 76 valence electrons. The molecule has 0 radical (unpaired) electrons. The van der Waals surface area contributed by atoms with Gasteiger partial charge < -0.3 is 10.6 Å². The molecule has 1 aliphatic heterocycles. The molecule has 1 aromatic rings. The van der Waals surface area contributed by atoms with E-state index in [0.717, 1.165) is 30.1 Å². The Hall–Kier alpha value is -0.730. The molecule has 0 amide bonds. The van der Waals surface area contributed by atoms with Crippen molar-refractivity contribution in [3.63, 3.8) is 0 Å². The van der Waals surface area contributed by atoms with Gasteiger partial charge in [-0.15, -0.1) is 0 Å². The van der Waals surface area contributed by atoms with E-state index in [2.05, 4.69) is 17.9 Å². The van der Waals surface area contributed by atoms with Crippen LogP contribution in [0.5, 0.6) is 0 Å². The second kappa shape index (κ2) is 3.79. The van der Waals surface area contributed by atoms with Crippen LogP contribution in [0.25, 0.3) is 0 Å². The zero-order chi connectivity index (χ0) is 10.1. The van der Waals surface area contributed by atoms with Crippen LogP contribution >= 0.6 is 11.6 Å². The highest BCUT2D eigenvalue weighted by Crippen LogP contribution is 2.28. The molecule has 0 bridgehead atoms. The Bertz CT molecular complexity index is 338. The molecule has 2 nitrogen and oxygen atoms in total. The van der Waals surface area contributed by atoms with Crippen LogP contribution in [-0.4, -0.2) is 19.1 Å². The maximum atomic E-state index is 6.07. The Morgan fingerprint density at radius 1 is 1.50 bits per heavy atom. The minimum Gasteiger partial charge on any atom is -0.370 e. The zero-order valence-electron chi connectivity index (χ0n) is 8.33. The molecule has 0 aliphatic carbocycles. The molecular formula is C11H15ClN2. The van der Waals surface area contributed by atoms with E-state index in [4.69, 9.17) is 17.3 Å². The van der Waals surface area contributed by atoms with Crippen LogP contribution in [0.1, 0.15) is 12.0 Å². The van der Waals surface area contributed by atoms with Gasteiger partial charge in [0, 0.05) is 29.8 Å². The maximum Gasteiger partial charge on any atom is 0.0455 e. The SMILES string of the molecule is Cc1c(Cl)cccc1N1CC[C@@H](N)C1. The van der Waals surface area contributed by atoms with Crippen molar-refractivity contribution in [3.8, 4) is 0 Å². The fourth-order valence-corrected chi connectivity index (χ4v) is 2.11. The first kappa shape index (κ1) is 9.81. The summed E-state index contributed by atoms with van der Waals surface area (Å²) in [5.74, 6) is 0. The van der Waals surface area contributed by atoms with Crippen LogP contribution in [0.3, 0.4) is 0 Å². The van der Waals surface area contributed by atoms with Gasteiger partial charge in [-0.25, -0.2) is 0 Å². The molecule has 2 rings (SSSR count). The fraction of sp³-hybridized carbons (Fsp3) is 0.455. The smallest absolute Gasteiger partial charge is 0.0455 e. The monoisotopic (exact) mass is 210 g/mol. The molecule has 0 aromatic heterocycles. The molecule has 1 fully saturated rings. The molecule has 1 saturated heterocycles. The minimum atomic E-state index is 0.313. The topological polar surface area (TPSA) is 29.3 Å². The van der Waals surface area contributed by atoms with Gasteiger partial charge in [0.05, 0.1) is 0 Å². The lowest BCUT2D eigenvalue weighted by atomic mass is 10.2. The van der Waals surface area contributed by atoms with Crippen molar-refractivity contribution >= 4 is 17.3 Å². The maximum absolute atomic E-state index is 6.07. The number of rotatable bonds is 1. The molecule has 3 heteroatoms. The largest absolute Gasteiger partial charge is 0.370 e. The Labute approximate surface area is 89.7 Å². The number of nitrogens with zero attached hydrogens (tertiary/aromatic N) is 1. The minimum absolute atomic E-state index is 0.313. The van der Waals surface area contributed by atoms with E-state index in [-0.39, 0.29) is 0 Å². The summed E-state index contributed by atoms with van der Waals surface area (Å²) in [5, 5.41) is 0.836. The molecule has 1 atom stereocenters. The Balaban J connectivity index is 2.28. The van der Waals surface area contributed by atoms with Crippen molar-refractivity contribution in [2.24, 2.45) is 5.73 Å². The van der Waals surface area contributed by atoms with Crippen molar-refractivity contribution < 1.29 is 0 Å². The lowest BCUT2D eigenvalue weighted by molar-refractivity contribution is 0.752. The quantitative estimate of drug-likeness (QED) is 0.770. The summed E-state index contributed by atoms with van der Waals surface area (Å²) in [4.78, 5) is 2.31. The number of hydrogen-bond acceptors (Lipinski definition) is 2. The van der Waals surface area contributed by atoms with E-state index in [9.17, 15) is 0 Å². The van der Waals surface area contributed by atoms with Gasteiger partial charge in [-0.3, -0.25) is 0 Å². The van der Waals surface area contributed by atoms with Gasteiger partial charge >= 0.3 is 0 Å². The van der Waals surface area contributed by atoms with Crippen molar-refractivity contribution in [3.05, 3.63) is 28.8 Å². The molecule has 0 spiro atoms. The van der Waals surface area contributed by atoms with Gasteiger partial charge in [-0.1, -0.05) is 17.7 Å². The third-order valence-corrected chi connectivity index (χ3v) is 3.21. The Kier molecular flexibility index (Phi) is 2.66. The second-order valence-corrected chi connectivity index (χ2v) is 4.29. The van der Waals surface area contributed by atoms with Crippen molar-refractivity contribution in [2.45, 2.75) is 19.4 Å². The van der Waals surface area contributed by atoms with Crippen LogP contribution < -0.4 is 10.6 Å². The number of benzene rings is 1. The van der Waals surface area contributed by atoms with E-state index >= 15 is 0 Å². The van der Waals surface area contributed by atoms with Gasteiger partial charge in [-0.2, -0.15) is 0 Å². The van der Waals surface area contributed by atoms with E-state index in [0.29, 0.717) is 6.04 Å². The number of hydrogen-bond donors (Lipinski definition) is 1. The first-order valence-electron chi connectivity index (χ1n) is 4.94. The lowest BCUT2D eigenvalue weighted by Crippen LogP contribution is -2.26. The summed E-state index contributed by atoms with van der Waals surface area (Å²) >= 11 is 6.07. The molecule has 2 N–H and O–H groups in total. The third kappa shape index (κ3) is 1.72. The van der Waals surface area contributed by atoms with Gasteiger partial charge in [0.15, 0.2) is 0 Å². The highest BCUT2D eigenvalue weighted by molar-refractivity contribution is 6.31. The number of halogens is 1. The van der Waals surface area contributed by atoms with Gasteiger partial charge in [0.2, 0.25) is 0 Å². The standard InChI is InChI=1S/C11H15ClN2/c1-8-10(12)3-2-4-11(8)14-6-5-9(13)7-14/h2-4,9H,5-7,13H2,1H3/t9-/m1/s1. The third-order valence-electron chi connectivity index (χ3n) is 2.80. The van der Waals surface area contributed by atoms with Gasteiger partial charge in [-0.05, 0) is 31.0 Å². The highest BCUT2D eigenvalue weighted by atomic mass is 35.5. The summed E-state index contributed by atoms with van der Waals surface area (Å²) in [6, 6.07) is 6.35. The van der Waals surface area contributed by atoms with Gasteiger partial charge in [0.25, 0.3) is 0 Å². The molecule has 0 saturated carbocycles. The number of anilines is 1. The van der Waals surface area contributed by atoms with E-state index in [1.54, 1.807) is 0 Å². The fourth-order valence-electron chi connectivity index (χ4n) is 1.94. The normalized spacial score (nSPS) is 21.6. The Morgan fingerprint density at radius 3 is 2.93 bits per heavy atom. The van der Waals surface area contributed by atoms with Crippen LogP contribution in [0.2, 0.25) is 5.02 Å². The van der Waals surface area contributed by atoms with Crippen molar-refractivity contribution in [2.75, 3.05) is 18.0 Å². The number of nitrogens with two attached hydrogens (primary N) is 1. The average molecular weight is 211 g/mol. The Morgan fingerprint density at radius 2 is 2.29 bits per heavy atom. The highest BCUT2D eigenvalue weighted by Gasteiger charge is 2.20. The van der Waals surface area contributed by atoms with Crippen LogP contribution in [0.15, 0.2) is 18.2 Å². The van der Waals surface area contributed by atoms with E-state index < -0.39 is 0 Å². The lowest BCUT2D eigenvalue weighted by Gasteiger charge is -2.20. The van der Waals surface area contributed by atoms with Crippen LogP contribution in [0.4, 0.5) is 5.69 Å². The van der Waals surface area contributed by atoms with Crippen molar-refractivity contribution in [1.29, 1.82) is 0 Å². The summed E-state index contributed by atoms with van der Waals surface area (Å²) in [6.07, 6.45) is 1.08. The molecule has 0 unspecified atom stereocenters. The zero-order valence-corrected chi connectivity index (χ0v) is 9.09. The van der Waals surface area contributed by atoms with Crippen molar-refractivity contribution in [1.82, 2.24) is 0 Å². The van der Waals surface area contributed by atoms with E-state index in [1.165, 1.54) is 5.69 Å². The molecule has 1 aromatic carbocycles. The van der Waals surface area contributed by atoms with Gasteiger partial charge in [0.1, 0.15) is 0 Å². The molecule has 14 heavy (non-hydrogen) atoms. The predicted octanol–water partition coefficient (Wildman–Crippen LogP) is 2.19. The summed E-state index contributed by atoms with van der Waals surface area (Å²) in [7, 11) is 0. The summed E-state index contributed by atoms with van der Waals surface area (Å²) in [5.41, 5.74) is 8.26. The molecule has 1 heterocycles. The summed E-state index contributed by atoms with van der Waals surface area (Å²) in [6.45, 7) is 4.05. The van der Waals surface area contributed by atoms with E-state index in [1.807, 2.05) is 12.1 Å². The predicted molar refractivity (Wildman–Crippen MR) is 61.0 cm³/mol. The molecule has 1 aliphatic rings. The molecular weight excluding hydrogens is 196 g/mol. The first-order valence-corrected chi connectivity index (χ1v) is 5.32. The first-order chi connectivity index (χ1) is 6.68. The van der Waals surface area contributed by atoms with Crippen LogP contribution in [-0.2, 0) is 0 Å². The summed E-state index contributed by atoms with van der Waals surface area (Å²) < 4.78 is 0. The average Bonchev–Trinajstić information content (AvgIpc) is 2.57. The van der Waals surface area contributed by atoms with Crippen LogP contribution in [0, 0.1) is 6.92 Å². The second-order valence-electron chi connectivity index (χ2n) is 3.88.